The zero-order valence-corrected chi connectivity index (χ0v) is 10.4. The number of halogens is 1. The van der Waals surface area contributed by atoms with Crippen molar-refractivity contribution in [1.29, 1.82) is 0 Å². The van der Waals surface area contributed by atoms with Crippen LogP contribution in [-0.4, -0.2) is 7.11 Å². The van der Waals surface area contributed by atoms with Crippen LogP contribution in [0.1, 0.15) is 30.0 Å². The normalized spacial score (nSPS) is 20.4. The summed E-state index contributed by atoms with van der Waals surface area (Å²) in [6, 6.07) is 4.44. The molecule has 2 N–H and O–H groups in total. The largest absolute Gasteiger partial charge is 0.495 e. The van der Waals surface area contributed by atoms with Crippen molar-refractivity contribution in [2.24, 2.45) is 5.73 Å². The molecule has 1 aromatic rings. The number of ether oxygens (including phenoxy) is 1. The smallest absolute Gasteiger partial charge is 0.137 e. The van der Waals surface area contributed by atoms with Crippen LogP contribution in [0.3, 0.4) is 0 Å². The minimum absolute atomic E-state index is 0.156. The monoisotopic (exact) mass is 303 g/mol. The van der Waals surface area contributed by atoms with E-state index in [9.17, 15) is 0 Å². The highest BCUT2D eigenvalue weighted by atomic mass is 127. The van der Waals surface area contributed by atoms with Crippen molar-refractivity contribution in [2.75, 3.05) is 7.11 Å². The number of hydrogen-bond acceptors (Lipinski definition) is 2. The van der Waals surface area contributed by atoms with Gasteiger partial charge in [-0.05, 0) is 53.5 Å². The summed E-state index contributed by atoms with van der Waals surface area (Å²) in [4.78, 5) is 0. The molecular weight excluding hydrogens is 289 g/mol. The molecule has 0 aliphatic heterocycles. The van der Waals surface area contributed by atoms with Crippen LogP contribution in [0, 0.1) is 3.57 Å². The fraction of sp³-hybridized carbons (Fsp3) is 0.455. The van der Waals surface area contributed by atoms with E-state index >= 15 is 0 Å². The predicted octanol–water partition coefficient (Wildman–Crippen LogP) is 2.64. The fourth-order valence-corrected chi connectivity index (χ4v) is 2.79. The van der Waals surface area contributed by atoms with Gasteiger partial charge in [0.2, 0.25) is 0 Å². The van der Waals surface area contributed by atoms with Gasteiger partial charge in [-0.25, -0.2) is 0 Å². The molecular formula is C11H14INO. The third kappa shape index (κ3) is 1.63. The van der Waals surface area contributed by atoms with E-state index in [2.05, 4.69) is 34.7 Å². The molecule has 0 unspecified atom stereocenters. The van der Waals surface area contributed by atoms with Gasteiger partial charge >= 0.3 is 0 Å². The number of nitrogens with two attached hydrogens (primary N) is 1. The molecule has 0 aromatic heterocycles. The Labute approximate surface area is 98.0 Å². The molecule has 14 heavy (non-hydrogen) atoms. The SMILES string of the molecule is COc1c(I)ccc2c1[C@H](N)CCC2. The standard InChI is InChI=1S/C11H14INO/c1-14-11-8(12)6-5-7-3-2-4-9(13)10(7)11/h5-6,9H,2-4,13H2,1H3/t9-/m1/s1. The molecule has 0 radical (unpaired) electrons. The maximum atomic E-state index is 6.11. The van der Waals surface area contributed by atoms with Gasteiger partial charge in [-0.15, -0.1) is 0 Å². The van der Waals surface area contributed by atoms with E-state index in [0.717, 1.165) is 22.2 Å². The molecule has 1 atom stereocenters. The van der Waals surface area contributed by atoms with Gasteiger partial charge in [0.25, 0.3) is 0 Å². The molecule has 76 valence electrons. The van der Waals surface area contributed by atoms with E-state index in [1.54, 1.807) is 7.11 Å². The first-order valence-corrected chi connectivity index (χ1v) is 5.92. The summed E-state index contributed by atoms with van der Waals surface area (Å²) < 4.78 is 6.58. The van der Waals surface area contributed by atoms with Crippen LogP contribution >= 0.6 is 22.6 Å². The van der Waals surface area contributed by atoms with Crippen LogP contribution in [0.15, 0.2) is 12.1 Å². The zero-order valence-electron chi connectivity index (χ0n) is 8.22. The van der Waals surface area contributed by atoms with Crippen LogP contribution < -0.4 is 10.5 Å². The number of hydrogen-bond donors (Lipinski definition) is 1. The maximum absolute atomic E-state index is 6.11. The topological polar surface area (TPSA) is 35.2 Å². The molecule has 0 heterocycles. The summed E-state index contributed by atoms with van der Waals surface area (Å²) in [6.07, 6.45) is 3.40. The highest BCUT2D eigenvalue weighted by Crippen LogP contribution is 2.37. The Balaban J connectivity index is 2.57. The van der Waals surface area contributed by atoms with Crippen LogP contribution in [0.4, 0.5) is 0 Å². The number of methoxy groups -OCH3 is 1. The molecule has 0 saturated carbocycles. The van der Waals surface area contributed by atoms with Gasteiger partial charge in [-0.1, -0.05) is 6.07 Å². The number of rotatable bonds is 1. The Morgan fingerprint density at radius 1 is 1.50 bits per heavy atom. The van der Waals surface area contributed by atoms with Gasteiger partial charge in [0.15, 0.2) is 0 Å². The number of aryl methyl sites for hydroxylation is 1. The quantitative estimate of drug-likeness (QED) is 0.810. The molecule has 0 spiro atoms. The highest BCUT2D eigenvalue weighted by Gasteiger charge is 2.22. The molecule has 1 aliphatic rings. The van der Waals surface area contributed by atoms with Crippen molar-refractivity contribution in [2.45, 2.75) is 25.3 Å². The lowest BCUT2D eigenvalue weighted by molar-refractivity contribution is 0.396. The van der Waals surface area contributed by atoms with Crippen molar-refractivity contribution in [3.63, 3.8) is 0 Å². The molecule has 1 aliphatic carbocycles. The minimum atomic E-state index is 0.156. The summed E-state index contributed by atoms with van der Waals surface area (Å²) in [7, 11) is 1.72. The first-order valence-electron chi connectivity index (χ1n) is 4.85. The van der Waals surface area contributed by atoms with Crippen molar-refractivity contribution in [1.82, 2.24) is 0 Å². The van der Waals surface area contributed by atoms with E-state index < -0.39 is 0 Å². The van der Waals surface area contributed by atoms with Crippen LogP contribution in [-0.2, 0) is 6.42 Å². The molecule has 2 nitrogen and oxygen atoms in total. The first kappa shape index (κ1) is 10.2. The molecule has 0 amide bonds. The summed E-state index contributed by atoms with van der Waals surface area (Å²) in [6.45, 7) is 0. The molecule has 1 aromatic carbocycles. The number of benzene rings is 1. The summed E-state index contributed by atoms with van der Waals surface area (Å²) in [5, 5.41) is 0. The van der Waals surface area contributed by atoms with Crippen molar-refractivity contribution < 1.29 is 4.74 Å². The van der Waals surface area contributed by atoms with E-state index in [-0.39, 0.29) is 6.04 Å². The lowest BCUT2D eigenvalue weighted by Crippen LogP contribution is -2.18. The summed E-state index contributed by atoms with van der Waals surface area (Å²) in [5.41, 5.74) is 8.70. The van der Waals surface area contributed by atoms with Gasteiger partial charge in [0.05, 0.1) is 10.7 Å². The third-order valence-electron chi connectivity index (χ3n) is 2.77. The Morgan fingerprint density at radius 2 is 2.29 bits per heavy atom. The predicted molar refractivity (Wildman–Crippen MR) is 65.6 cm³/mol. The minimum Gasteiger partial charge on any atom is -0.495 e. The van der Waals surface area contributed by atoms with Gasteiger partial charge in [-0.3, -0.25) is 0 Å². The Hall–Kier alpha value is -0.290. The Kier molecular flexibility index (Phi) is 2.97. The molecule has 2 rings (SSSR count). The second-order valence-electron chi connectivity index (χ2n) is 3.65. The average molecular weight is 303 g/mol. The van der Waals surface area contributed by atoms with Gasteiger partial charge in [0, 0.05) is 11.6 Å². The number of fused-ring (bicyclic) bond motifs is 1. The van der Waals surface area contributed by atoms with E-state index in [0.29, 0.717) is 0 Å². The van der Waals surface area contributed by atoms with Crippen LogP contribution in [0.2, 0.25) is 0 Å². The maximum Gasteiger partial charge on any atom is 0.137 e. The summed E-state index contributed by atoms with van der Waals surface area (Å²) in [5.74, 6) is 0.982. The third-order valence-corrected chi connectivity index (χ3v) is 3.62. The second-order valence-corrected chi connectivity index (χ2v) is 4.81. The average Bonchev–Trinajstić information content (AvgIpc) is 2.19. The van der Waals surface area contributed by atoms with E-state index in [4.69, 9.17) is 10.5 Å². The van der Waals surface area contributed by atoms with Gasteiger partial charge < -0.3 is 10.5 Å². The van der Waals surface area contributed by atoms with Crippen molar-refractivity contribution in [3.05, 3.63) is 26.8 Å². The second kappa shape index (κ2) is 4.06. The van der Waals surface area contributed by atoms with Crippen molar-refractivity contribution >= 4 is 22.6 Å². The zero-order chi connectivity index (χ0) is 10.1. The Morgan fingerprint density at radius 3 is 3.00 bits per heavy atom. The summed E-state index contributed by atoms with van der Waals surface area (Å²) >= 11 is 2.30. The van der Waals surface area contributed by atoms with Crippen LogP contribution in [0.25, 0.3) is 0 Å². The van der Waals surface area contributed by atoms with E-state index in [1.165, 1.54) is 17.5 Å². The Bertz CT molecular complexity index is 351. The van der Waals surface area contributed by atoms with Gasteiger partial charge in [-0.2, -0.15) is 0 Å². The molecule has 0 saturated heterocycles. The van der Waals surface area contributed by atoms with E-state index in [1.807, 2.05) is 0 Å². The highest BCUT2D eigenvalue weighted by molar-refractivity contribution is 14.1. The van der Waals surface area contributed by atoms with Gasteiger partial charge in [0.1, 0.15) is 5.75 Å². The lowest BCUT2D eigenvalue weighted by Gasteiger charge is -2.25. The lowest BCUT2D eigenvalue weighted by atomic mass is 9.87. The fourth-order valence-electron chi connectivity index (χ4n) is 2.10. The van der Waals surface area contributed by atoms with Crippen LogP contribution in [0.5, 0.6) is 5.75 Å². The first-order chi connectivity index (χ1) is 6.74. The molecule has 3 heteroatoms. The molecule has 0 fully saturated rings. The van der Waals surface area contributed by atoms with Crippen molar-refractivity contribution in [3.8, 4) is 5.75 Å². The molecule has 0 bridgehead atoms.